The zero-order valence-electron chi connectivity index (χ0n) is 17.1. The van der Waals surface area contributed by atoms with E-state index in [1.807, 2.05) is 30.3 Å². The quantitative estimate of drug-likeness (QED) is 0.444. The summed E-state index contributed by atoms with van der Waals surface area (Å²) in [6, 6.07) is 8.24. The Bertz CT molecular complexity index is 741. The summed E-state index contributed by atoms with van der Waals surface area (Å²) in [5.41, 5.74) is 0.226. The van der Waals surface area contributed by atoms with Crippen LogP contribution in [-0.4, -0.2) is 43.0 Å². The van der Waals surface area contributed by atoms with Gasteiger partial charge in [0.05, 0.1) is 25.1 Å². The van der Waals surface area contributed by atoms with Crippen molar-refractivity contribution in [3.8, 4) is 0 Å². The van der Waals surface area contributed by atoms with Gasteiger partial charge in [-0.1, -0.05) is 42.5 Å². The first-order chi connectivity index (χ1) is 13.7. The molecule has 3 atom stereocenters. The highest BCUT2D eigenvalue weighted by Crippen LogP contribution is 2.22. The second-order valence-corrected chi connectivity index (χ2v) is 7.73. The molecule has 1 aromatic rings. The van der Waals surface area contributed by atoms with Crippen LogP contribution in [0.15, 0.2) is 42.5 Å². The van der Waals surface area contributed by atoms with Crippen LogP contribution in [0.5, 0.6) is 0 Å². The second kappa shape index (κ2) is 9.95. The van der Waals surface area contributed by atoms with Gasteiger partial charge in [0.2, 0.25) is 0 Å². The van der Waals surface area contributed by atoms with E-state index in [0.29, 0.717) is 0 Å². The molecule has 0 saturated carbocycles. The number of nitrogens with one attached hydrogen (secondary N) is 2. The number of ether oxygens (including phenoxy) is 3. The topological polar surface area (TPSA) is 103 Å². The molecule has 0 bridgehead atoms. The van der Waals surface area contributed by atoms with Crippen molar-refractivity contribution in [3.63, 3.8) is 0 Å². The first-order valence-corrected chi connectivity index (χ1v) is 9.41. The van der Waals surface area contributed by atoms with Gasteiger partial charge in [0.1, 0.15) is 12.2 Å². The number of benzene rings is 1. The maximum atomic E-state index is 12.2. The molecule has 0 spiro atoms. The Hall–Kier alpha value is -3.03. The van der Waals surface area contributed by atoms with E-state index in [1.54, 1.807) is 32.9 Å². The second-order valence-electron chi connectivity index (χ2n) is 7.73. The van der Waals surface area contributed by atoms with Gasteiger partial charge in [0, 0.05) is 0 Å². The summed E-state index contributed by atoms with van der Waals surface area (Å²) in [4.78, 5) is 36.3. The fourth-order valence-corrected chi connectivity index (χ4v) is 2.90. The van der Waals surface area contributed by atoms with E-state index in [9.17, 15) is 14.4 Å². The van der Waals surface area contributed by atoms with Gasteiger partial charge in [0.15, 0.2) is 0 Å². The summed E-state index contributed by atoms with van der Waals surface area (Å²) in [6.45, 7) is 5.42. The van der Waals surface area contributed by atoms with Gasteiger partial charge < -0.3 is 24.8 Å². The minimum absolute atomic E-state index is 0.120. The fraction of sp³-hybridized carbons (Fsp3) is 0.476. The van der Waals surface area contributed by atoms with E-state index in [-0.39, 0.29) is 13.0 Å². The number of alkyl carbamates (subject to hydrolysis) is 2. The minimum atomic E-state index is -0.672. The summed E-state index contributed by atoms with van der Waals surface area (Å²) < 4.78 is 15.3. The minimum Gasteiger partial charge on any atom is -0.469 e. The molecule has 0 heterocycles. The molecule has 29 heavy (non-hydrogen) atoms. The third-order valence-electron chi connectivity index (χ3n) is 4.20. The molecule has 1 aliphatic rings. The molecule has 2 amide bonds. The highest BCUT2D eigenvalue weighted by Gasteiger charge is 2.35. The van der Waals surface area contributed by atoms with Crippen LogP contribution in [0.4, 0.5) is 9.59 Å². The van der Waals surface area contributed by atoms with Crippen molar-refractivity contribution in [2.75, 3.05) is 7.11 Å². The van der Waals surface area contributed by atoms with Crippen LogP contribution in [0.3, 0.4) is 0 Å². The number of amides is 2. The predicted octanol–water partition coefficient (Wildman–Crippen LogP) is 2.92. The van der Waals surface area contributed by atoms with E-state index in [2.05, 4.69) is 10.6 Å². The highest BCUT2D eigenvalue weighted by molar-refractivity contribution is 5.76. The molecule has 8 heteroatoms. The van der Waals surface area contributed by atoms with Gasteiger partial charge in [-0.15, -0.1) is 0 Å². The maximum absolute atomic E-state index is 12.2. The first kappa shape index (κ1) is 22.3. The lowest BCUT2D eigenvalue weighted by Crippen LogP contribution is -2.49. The average Bonchev–Trinajstić information content (AvgIpc) is 2.66. The molecule has 0 radical (unpaired) electrons. The molecule has 158 valence electrons. The molecule has 0 fully saturated rings. The number of rotatable bonds is 5. The number of methoxy groups -OCH3 is 1. The molecule has 3 unspecified atom stereocenters. The van der Waals surface area contributed by atoms with Crippen LogP contribution >= 0.6 is 0 Å². The van der Waals surface area contributed by atoms with Crippen LogP contribution in [0.2, 0.25) is 0 Å². The number of esters is 1. The lowest BCUT2D eigenvalue weighted by Gasteiger charge is -2.31. The number of hydrogen-bond donors (Lipinski definition) is 2. The van der Waals surface area contributed by atoms with Crippen molar-refractivity contribution in [3.05, 3.63) is 48.0 Å². The van der Waals surface area contributed by atoms with E-state index in [4.69, 9.17) is 14.2 Å². The summed E-state index contributed by atoms with van der Waals surface area (Å²) in [6.07, 6.45) is 2.40. The molecule has 0 saturated heterocycles. The zero-order chi connectivity index (χ0) is 21.4. The van der Waals surface area contributed by atoms with E-state index in [1.165, 1.54) is 7.11 Å². The Morgan fingerprint density at radius 3 is 2.34 bits per heavy atom. The molecular weight excluding hydrogens is 376 g/mol. The van der Waals surface area contributed by atoms with Gasteiger partial charge in [-0.3, -0.25) is 4.79 Å². The van der Waals surface area contributed by atoms with Crippen molar-refractivity contribution in [2.24, 2.45) is 5.92 Å². The molecule has 1 aromatic carbocycles. The van der Waals surface area contributed by atoms with E-state index < -0.39 is 41.8 Å². The standard InChI is InChI=1S/C21H28N2O6/c1-21(2,3)29-20(26)22-15-10-11-17(16(12-15)18(24)27-4)23-19(25)28-13-14-8-6-5-7-9-14/h5-11,15-17H,12-13H2,1-4H3,(H,22,26)(H,23,25). The first-order valence-electron chi connectivity index (χ1n) is 9.41. The fourth-order valence-electron chi connectivity index (χ4n) is 2.90. The van der Waals surface area contributed by atoms with Crippen LogP contribution in [0.1, 0.15) is 32.8 Å². The third-order valence-corrected chi connectivity index (χ3v) is 4.20. The van der Waals surface area contributed by atoms with Crippen molar-refractivity contribution in [2.45, 2.75) is 51.5 Å². The molecule has 1 aliphatic carbocycles. The molecule has 2 N–H and O–H groups in total. The normalized spacial score (nSPS) is 21.0. The summed E-state index contributed by atoms with van der Waals surface area (Å²) in [5, 5.41) is 5.38. The summed E-state index contributed by atoms with van der Waals surface area (Å²) in [5.74, 6) is -1.16. The van der Waals surface area contributed by atoms with Crippen LogP contribution in [-0.2, 0) is 25.6 Å². The number of carbonyl (C=O) groups excluding carboxylic acids is 3. The molecule has 2 rings (SSSR count). The predicted molar refractivity (Wildman–Crippen MR) is 106 cm³/mol. The largest absolute Gasteiger partial charge is 0.469 e. The highest BCUT2D eigenvalue weighted by atomic mass is 16.6. The average molecular weight is 404 g/mol. The van der Waals surface area contributed by atoms with Crippen molar-refractivity contribution < 1.29 is 28.6 Å². The summed E-state index contributed by atoms with van der Waals surface area (Å²) >= 11 is 0. The number of carbonyl (C=O) groups is 3. The smallest absolute Gasteiger partial charge is 0.408 e. The van der Waals surface area contributed by atoms with E-state index in [0.717, 1.165) is 5.56 Å². The Kier molecular flexibility index (Phi) is 7.64. The van der Waals surface area contributed by atoms with Crippen molar-refractivity contribution in [1.82, 2.24) is 10.6 Å². The monoisotopic (exact) mass is 404 g/mol. The van der Waals surface area contributed by atoms with Crippen molar-refractivity contribution >= 4 is 18.2 Å². The Morgan fingerprint density at radius 2 is 1.72 bits per heavy atom. The molecule has 0 aromatic heterocycles. The SMILES string of the molecule is COC(=O)C1CC(NC(=O)OC(C)(C)C)C=CC1NC(=O)OCc1ccccc1. The zero-order valence-corrected chi connectivity index (χ0v) is 17.1. The Morgan fingerprint density at radius 1 is 1.03 bits per heavy atom. The Balaban J connectivity index is 1.96. The van der Waals surface area contributed by atoms with Gasteiger partial charge in [-0.05, 0) is 32.8 Å². The van der Waals surface area contributed by atoms with Gasteiger partial charge >= 0.3 is 18.2 Å². The maximum Gasteiger partial charge on any atom is 0.408 e. The Labute approximate surface area is 170 Å². The summed E-state index contributed by atoms with van der Waals surface area (Å²) in [7, 11) is 1.28. The van der Waals surface area contributed by atoms with Gasteiger partial charge in [-0.2, -0.15) is 0 Å². The van der Waals surface area contributed by atoms with Gasteiger partial charge in [-0.25, -0.2) is 9.59 Å². The lowest BCUT2D eigenvalue weighted by molar-refractivity contribution is -0.146. The van der Waals surface area contributed by atoms with E-state index >= 15 is 0 Å². The van der Waals surface area contributed by atoms with Gasteiger partial charge in [0.25, 0.3) is 0 Å². The lowest BCUT2D eigenvalue weighted by atomic mass is 9.87. The van der Waals surface area contributed by atoms with Crippen LogP contribution in [0.25, 0.3) is 0 Å². The van der Waals surface area contributed by atoms with Crippen LogP contribution < -0.4 is 10.6 Å². The van der Waals surface area contributed by atoms with Crippen LogP contribution in [0, 0.1) is 5.92 Å². The third kappa shape index (κ3) is 7.48. The molecule has 8 nitrogen and oxygen atoms in total. The molecular formula is C21H28N2O6. The van der Waals surface area contributed by atoms with Crippen molar-refractivity contribution in [1.29, 1.82) is 0 Å². The molecule has 0 aliphatic heterocycles. The number of hydrogen-bond acceptors (Lipinski definition) is 6.